The van der Waals surface area contributed by atoms with Crippen molar-refractivity contribution in [1.82, 2.24) is 5.32 Å². The number of hydrogen-bond acceptors (Lipinski definition) is 4. The van der Waals surface area contributed by atoms with Crippen molar-refractivity contribution < 1.29 is 14.3 Å². The van der Waals surface area contributed by atoms with Crippen molar-refractivity contribution in [1.29, 1.82) is 0 Å². The predicted molar refractivity (Wildman–Crippen MR) is 103 cm³/mol. The molecule has 0 saturated heterocycles. The third-order valence-corrected chi connectivity index (χ3v) is 4.46. The van der Waals surface area contributed by atoms with Crippen LogP contribution in [-0.2, 0) is 4.79 Å². The van der Waals surface area contributed by atoms with E-state index in [0.29, 0.717) is 41.3 Å². The van der Waals surface area contributed by atoms with Crippen LogP contribution in [0.4, 0.5) is 5.69 Å². The van der Waals surface area contributed by atoms with E-state index in [2.05, 4.69) is 24.5 Å². The van der Waals surface area contributed by atoms with Gasteiger partial charge in [-0.3, -0.25) is 4.79 Å². The highest BCUT2D eigenvalue weighted by molar-refractivity contribution is 6.30. The van der Waals surface area contributed by atoms with Gasteiger partial charge in [-0.2, -0.15) is 0 Å². The second kappa shape index (κ2) is 8.43. The lowest BCUT2D eigenvalue weighted by Crippen LogP contribution is -2.33. The van der Waals surface area contributed by atoms with Gasteiger partial charge in [0.15, 0.2) is 11.5 Å². The number of amides is 1. The van der Waals surface area contributed by atoms with Crippen molar-refractivity contribution in [3.8, 4) is 11.5 Å². The Balaban J connectivity index is 1.59. The first-order chi connectivity index (χ1) is 12.5. The van der Waals surface area contributed by atoms with Crippen molar-refractivity contribution in [2.45, 2.75) is 19.9 Å². The third-order valence-electron chi connectivity index (χ3n) is 4.20. The molecule has 1 aliphatic heterocycles. The first kappa shape index (κ1) is 18.5. The molecule has 3 rings (SSSR count). The van der Waals surface area contributed by atoms with Gasteiger partial charge < -0.3 is 20.1 Å². The molecule has 1 unspecified atom stereocenters. The van der Waals surface area contributed by atoms with E-state index in [0.717, 1.165) is 5.56 Å². The molecule has 138 valence electrons. The van der Waals surface area contributed by atoms with Crippen LogP contribution in [0.5, 0.6) is 11.5 Å². The van der Waals surface area contributed by atoms with Crippen LogP contribution in [0.3, 0.4) is 0 Å². The summed E-state index contributed by atoms with van der Waals surface area (Å²) in [4.78, 5) is 12.3. The lowest BCUT2D eigenvalue weighted by Gasteiger charge is -2.23. The molecule has 1 amide bonds. The largest absolute Gasteiger partial charge is 0.486 e. The highest BCUT2D eigenvalue weighted by Crippen LogP contribution is 2.32. The molecule has 2 aromatic carbocycles. The van der Waals surface area contributed by atoms with Crippen molar-refractivity contribution >= 4 is 23.2 Å². The van der Waals surface area contributed by atoms with Gasteiger partial charge in [0.2, 0.25) is 5.91 Å². The van der Waals surface area contributed by atoms with Crippen molar-refractivity contribution in [3.05, 3.63) is 53.1 Å². The maximum Gasteiger partial charge on any atom is 0.238 e. The summed E-state index contributed by atoms with van der Waals surface area (Å²) >= 11 is 5.96. The van der Waals surface area contributed by atoms with E-state index in [-0.39, 0.29) is 18.5 Å². The second-order valence-electron chi connectivity index (χ2n) is 6.56. The Morgan fingerprint density at radius 1 is 1.08 bits per heavy atom. The fourth-order valence-corrected chi connectivity index (χ4v) is 3.06. The summed E-state index contributed by atoms with van der Waals surface area (Å²) < 4.78 is 11.0. The lowest BCUT2D eigenvalue weighted by atomic mass is 9.96. The van der Waals surface area contributed by atoms with Crippen LogP contribution in [-0.4, -0.2) is 25.7 Å². The number of carbonyl (C=O) groups excluding carboxylic acids is 1. The molecule has 1 atom stereocenters. The van der Waals surface area contributed by atoms with E-state index in [1.807, 2.05) is 36.4 Å². The van der Waals surface area contributed by atoms with Crippen molar-refractivity contribution in [3.63, 3.8) is 0 Å². The molecule has 1 heterocycles. The van der Waals surface area contributed by atoms with E-state index in [4.69, 9.17) is 21.1 Å². The minimum Gasteiger partial charge on any atom is -0.486 e. The number of hydrogen-bond donors (Lipinski definition) is 2. The summed E-state index contributed by atoms with van der Waals surface area (Å²) in [6, 6.07) is 13.2. The molecule has 0 bridgehead atoms. The van der Waals surface area contributed by atoms with Crippen molar-refractivity contribution in [2.24, 2.45) is 5.92 Å². The smallest absolute Gasteiger partial charge is 0.238 e. The standard InChI is InChI=1S/C20H23ClN2O3/c1-13(2)20(14-3-5-15(21)6-4-14)22-12-19(24)23-16-7-8-17-18(11-16)26-10-9-25-17/h3-8,11,13,20,22H,9-10,12H2,1-2H3,(H,23,24). The maximum atomic E-state index is 12.3. The molecule has 5 nitrogen and oxygen atoms in total. The van der Waals surface area contributed by atoms with Crippen LogP contribution in [0.1, 0.15) is 25.5 Å². The molecule has 0 aliphatic carbocycles. The van der Waals surface area contributed by atoms with E-state index in [1.54, 1.807) is 6.07 Å². The number of benzene rings is 2. The maximum absolute atomic E-state index is 12.3. The van der Waals surface area contributed by atoms with E-state index < -0.39 is 0 Å². The molecule has 0 spiro atoms. The second-order valence-corrected chi connectivity index (χ2v) is 7.00. The molecule has 2 N–H and O–H groups in total. The Kier molecular flexibility index (Phi) is 6.01. The first-order valence-electron chi connectivity index (χ1n) is 8.71. The van der Waals surface area contributed by atoms with E-state index in [1.165, 1.54) is 0 Å². The van der Waals surface area contributed by atoms with Crippen LogP contribution >= 0.6 is 11.6 Å². The molecule has 1 aliphatic rings. The van der Waals surface area contributed by atoms with Crippen molar-refractivity contribution in [2.75, 3.05) is 25.1 Å². The monoisotopic (exact) mass is 374 g/mol. The normalized spacial score (nSPS) is 14.2. The molecule has 2 aromatic rings. The summed E-state index contributed by atoms with van der Waals surface area (Å²) in [6.45, 7) is 5.50. The van der Waals surface area contributed by atoms with Crippen LogP contribution in [0, 0.1) is 5.92 Å². The van der Waals surface area contributed by atoms with E-state index >= 15 is 0 Å². The number of rotatable bonds is 6. The van der Waals surface area contributed by atoms with Crippen LogP contribution in [0.2, 0.25) is 5.02 Å². The Hall–Kier alpha value is -2.24. The number of ether oxygens (including phenoxy) is 2. The van der Waals surface area contributed by atoms with Gasteiger partial charge >= 0.3 is 0 Å². The van der Waals surface area contributed by atoms with Gasteiger partial charge in [0.25, 0.3) is 0 Å². The van der Waals surface area contributed by atoms with Gasteiger partial charge in [0.05, 0.1) is 6.54 Å². The quantitative estimate of drug-likeness (QED) is 0.801. The van der Waals surface area contributed by atoms with Gasteiger partial charge in [-0.25, -0.2) is 0 Å². The van der Waals surface area contributed by atoms with Gasteiger partial charge in [0.1, 0.15) is 13.2 Å². The Labute approximate surface area is 158 Å². The van der Waals surface area contributed by atoms with Crippen LogP contribution in [0.25, 0.3) is 0 Å². The first-order valence-corrected chi connectivity index (χ1v) is 9.09. The molecule has 6 heteroatoms. The molecule has 0 radical (unpaired) electrons. The Morgan fingerprint density at radius 3 is 2.46 bits per heavy atom. The lowest BCUT2D eigenvalue weighted by molar-refractivity contribution is -0.115. The van der Waals surface area contributed by atoms with Gasteiger partial charge in [-0.05, 0) is 35.7 Å². The zero-order valence-electron chi connectivity index (χ0n) is 14.9. The fourth-order valence-electron chi connectivity index (χ4n) is 2.94. The molecular formula is C20H23ClN2O3. The molecular weight excluding hydrogens is 352 g/mol. The molecule has 0 saturated carbocycles. The van der Waals surface area contributed by atoms with Crippen LogP contribution in [0.15, 0.2) is 42.5 Å². The number of carbonyl (C=O) groups is 1. The Bertz CT molecular complexity index is 762. The zero-order valence-corrected chi connectivity index (χ0v) is 15.7. The highest BCUT2D eigenvalue weighted by Gasteiger charge is 2.17. The minimum absolute atomic E-state index is 0.0679. The third kappa shape index (κ3) is 4.68. The summed E-state index contributed by atoms with van der Waals surface area (Å²) in [5, 5.41) is 6.92. The summed E-state index contributed by atoms with van der Waals surface area (Å²) in [5.41, 5.74) is 1.80. The molecule has 26 heavy (non-hydrogen) atoms. The summed E-state index contributed by atoms with van der Waals surface area (Å²) in [5.74, 6) is 1.58. The van der Waals surface area contributed by atoms with Gasteiger partial charge in [0, 0.05) is 22.8 Å². The van der Waals surface area contributed by atoms with E-state index in [9.17, 15) is 4.79 Å². The average molecular weight is 375 g/mol. The van der Waals surface area contributed by atoms with Gasteiger partial charge in [-0.1, -0.05) is 37.6 Å². The minimum atomic E-state index is -0.110. The summed E-state index contributed by atoms with van der Waals surface area (Å²) in [6.07, 6.45) is 0. The SMILES string of the molecule is CC(C)C(NCC(=O)Nc1ccc2c(c1)OCCO2)c1ccc(Cl)cc1. The topological polar surface area (TPSA) is 59.6 Å². The van der Waals surface area contributed by atoms with Gasteiger partial charge in [-0.15, -0.1) is 0 Å². The molecule has 0 fully saturated rings. The highest BCUT2D eigenvalue weighted by atomic mass is 35.5. The number of halogens is 1. The zero-order chi connectivity index (χ0) is 18.5. The molecule has 0 aromatic heterocycles. The number of anilines is 1. The fraction of sp³-hybridized carbons (Fsp3) is 0.350. The summed E-state index contributed by atoms with van der Waals surface area (Å²) in [7, 11) is 0. The number of nitrogens with one attached hydrogen (secondary N) is 2. The Morgan fingerprint density at radius 2 is 1.77 bits per heavy atom. The number of fused-ring (bicyclic) bond motifs is 1. The predicted octanol–water partition coefficient (Wildman–Crippen LogP) is 4.04. The van der Waals surface area contributed by atoms with Crippen LogP contribution < -0.4 is 20.1 Å². The average Bonchev–Trinajstić information content (AvgIpc) is 2.63.